The first-order chi connectivity index (χ1) is 8.16. The molecule has 1 heterocycles. The molecule has 1 rings (SSSR count). The third kappa shape index (κ3) is 6.64. The molecule has 3 nitrogen and oxygen atoms in total. The van der Waals surface area contributed by atoms with Crippen molar-refractivity contribution in [1.29, 1.82) is 0 Å². The number of hydrogen-bond acceptors (Lipinski definition) is 2. The van der Waals surface area contributed by atoms with E-state index in [0.29, 0.717) is 13.1 Å². The summed E-state index contributed by atoms with van der Waals surface area (Å²) < 4.78 is 37.5. The average Bonchev–Trinajstić information content (AvgIpc) is 2.60. The van der Waals surface area contributed by atoms with E-state index in [2.05, 4.69) is 31.2 Å². The number of aromatic nitrogens is 2. The molecule has 0 radical (unpaired) electrons. The standard InChI is InChI=1S/C12H20F3N3/c1-11(2,3)16-7-10-8-17-18(9-10)6-4-5-12(13,14)15/h8-9,16H,4-7H2,1-3H3. The summed E-state index contributed by atoms with van der Waals surface area (Å²) in [5.41, 5.74) is 0.996. The normalized spacial score (nSPS) is 13.0. The van der Waals surface area contributed by atoms with Crippen LogP contribution in [0.25, 0.3) is 0 Å². The zero-order valence-electron chi connectivity index (χ0n) is 11.0. The Labute approximate surface area is 105 Å². The lowest BCUT2D eigenvalue weighted by Crippen LogP contribution is -2.34. The molecular formula is C12H20F3N3. The quantitative estimate of drug-likeness (QED) is 0.884. The topological polar surface area (TPSA) is 29.9 Å². The number of rotatable bonds is 5. The van der Waals surface area contributed by atoms with Crippen LogP contribution < -0.4 is 5.32 Å². The van der Waals surface area contributed by atoms with Crippen LogP contribution in [-0.4, -0.2) is 21.5 Å². The van der Waals surface area contributed by atoms with E-state index in [1.807, 2.05) is 0 Å². The van der Waals surface area contributed by atoms with E-state index < -0.39 is 12.6 Å². The van der Waals surface area contributed by atoms with E-state index >= 15 is 0 Å². The molecule has 0 aliphatic heterocycles. The lowest BCUT2D eigenvalue weighted by atomic mass is 10.1. The van der Waals surface area contributed by atoms with Crippen LogP contribution in [0.4, 0.5) is 13.2 Å². The van der Waals surface area contributed by atoms with Crippen molar-refractivity contribution in [2.24, 2.45) is 0 Å². The first kappa shape index (κ1) is 15.0. The molecule has 0 aromatic carbocycles. The Kier molecular flexibility index (Phi) is 4.78. The maximum absolute atomic E-state index is 12.0. The summed E-state index contributed by atoms with van der Waals surface area (Å²) in [6, 6.07) is 0. The van der Waals surface area contributed by atoms with Gasteiger partial charge in [-0.1, -0.05) is 0 Å². The smallest absolute Gasteiger partial charge is 0.308 e. The van der Waals surface area contributed by atoms with E-state index in [9.17, 15) is 13.2 Å². The van der Waals surface area contributed by atoms with Gasteiger partial charge in [-0.25, -0.2) is 0 Å². The molecule has 104 valence electrons. The fraction of sp³-hybridized carbons (Fsp3) is 0.750. The molecule has 18 heavy (non-hydrogen) atoms. The van der Waals surface area contributed by atoms with Gasteiger partial charge in [0.05, 0.1) is 6.20 Å². The first-order valence-electron chi connectivity index (χ1n) is 5.99. The van der Waals surface area contributed by atoms with Crippen molar-refractivity contribution in [1.82, 2.24) is 15.1 Å². The van der Waals surface area contributed by atoms with Gasteiger partial charge in [0.25, 0.3) is 0 Å². The second kappa shape index (κ2) is 5.73. The molecule has 1 aromatic rings. The maximum Gasteiger partial charge on any atom is 0.389 e. The molecule has 0 spiro atoms. The summed E-state index contributed by atoms with van der Waals surface area (Å²) in [6.07, 6.45) is -1.30. The van der Waals surface area contributed by atoms with Gasteiger partial charge in [0.1, 0.15) is 0 Å². The molecule has 0 saturated heterocycles. The molecule has 1 N–H and O–H groups in total. The zero-order valence-corrected chi connectivity index (χ0v) is 11.0. The van der Waals surface area contributed by atoms with Crippen LogP contribution in [0.1, 0.15) is 39.2 Å². The van der Waals surface area contributed by atoms with Crippen LogP contribution in [0.2, 0.25) is 0 Å². The van der Waals surface area contributed by atoms with Gasteiger partial charge in [0.15, 0.2) is 0 Å². The van der Waals surface area contributed by atoms with Crippen LogP contribution >= 0.6 is 0 Å². The fourth-order valence-corrected chi connectivity index (χ4v) is 1.43. The monoisotopic (exact) mass is 263 g/mol. The van der Waals surface area contributed by atoms with Crippen molar-refractivity contribution in [3.8, 4) is 0 Å². The van der Waals surface area contributed by atoms with Crippen LogP contribution in [0.15, 0.2) is 12.4 Å². The SMILES string of the molecule is CC(C)(C)NCc1cnn(CCCC(F)(F)F)c1. The Hall–Kier alpha value is -1.04. The number of nitrogens with zero attached hydrogens (tertiary/aromatic N) is 2. The van der Waals surface area contributed by atoms with Crippen molar-refractivity contribution in [2.75, 3.05) is 0 Å². The number of aryl methyl sites for hydroxylation is 1. The number of nitrogens with one attached hydrogen (secondary N) is 1. The summed E-state index contributed by atoms with van der Waals surface area (Å²) in [6.45, 7) is 7.14. The Bertz CT molecular complexity index is 363. The van der Waals surface area contributed by atoms with Gasteiger partial charge in [-0.2, -0.15) is 18.3 Å². The van der Waals surface area contributed by atoms with Crippen molar-refractivity contribution < 1.29 is 13.2 Å². The highest BCUT2D eigenvalue weighted by Gasteiger charge is 2.26. The Morgan fingerprint density at radius 3 is 2.50 bits per heavy atom. The zero-order chi connectivity index (χ0) is 13.8. The molecule has 0 unspecified atom stereocenters. The van der Waals surface area contributed by atoms with Crippen LogP contribution in [0.5, 0.6) is 0 Å². The lowest BCUT2D eigenvalue weighted by Gasteiger charge is -2.19. The highest BCUT2D eigenvalue weighted by atomic mass is 19.4. The van der Waals surface area contributed by atoms with Crippen LogP contribution in [0, 0.1) is 0 Å². The molecule has 1 aromatic heterocycles. The van der Waals surface area contributed by atoms with Crippen molar-refractivity contribution in [3.05, 3.63) is 18.0 Å². The molecule has 6 heteroatoms. The minimum Gasteiger partial charge on any atom is -0.308 e. The van der Waals surface area contributed by atoms with Crippen LogP contribution in [-0.2, 0) is 13.1 Å². The summed E-state index contributed by atoms with van der Waals surface area (Å²) >= 11 is 0. The second-order valence-electron chi connectivity index (χ2n) is 5.43. The second-order valence-corrected chi connectivity index (χ2v) is 5.43. The predicted octanol–water partition coefficient (Wildman–Crippen LogP) is 3.11. The number of halogens is 3. The Morgan fingerprint density at radius 2 is 1.94 bits per heavy atom. The van der Waals surface area contributed by atoms with Crippen molar-refractivity contribution in [3.63, 3.8) is 0 Å². The van der Waals surface area contributed by atoms with Gasteiger partial charge in [-0.3, -0.25) is 4.68 Å². The number of alkyl halides is 3. The molecule has 0 aliphatic carbocycles. The predicted molar refractivity (Wildman–Crippen MR) is 64.1 cm³/mol. The van der Waals surface area contributed by atoms with Gasteiger partial charge < -0.3 is 5.32 Å². The minimum atomic E-state index is -4.08. The molecule has 0 amide bonds. The van der Waals surface area contributed by atoms with Gasteiger partial charge in [-0.05, 0) is 27.2 Å². The van der Waals surface area contributed by atoms with Gasteiger partial charge in [0.2, 0.25) is 0 Å². The van der Waals surface area contributed by atoms with Crippen molar-refractivity contribution in [2.45, 2.75) is 58.4 Å². The molecular weight excluding hydrogens is 243 g/mol. The van der Waals surface area contributed by atoms with Gasteiger partial charge in [0, 0.05) is 36.8 Å². The number of hydrogen-bond donors (Lipinski definition) is 1. The van der Waals surface area contributed by atoms with Gasteiger partial charge in [-0.15, -0.1) is 0 Å². The fourth-order valence-electron chi connectivity index (χ4n) is 1.43. The molecule has 0 bridgehead atoms. The summed E-state index contributed by atoms with van der Waals surface area (Å²) in [4.78, 5) is 0. The third-order valence-electron chi connectivity index (χ3n) is 2.36. The van der Waals surface area contributed by atoms with E-state index in [4.69, 9.17) is 0 Å². The van der Waals surface area contributed by atoms with E-state index in [-0.39, 0.29) is 12.0 Å². The van der Waals surface area contributed by atoms with Crippen LogP contribution in [0.3, 0.4) is 0 Å². The average molecular weight is 263 g/mol. The highest BCUT2D eigenvalue weighted by Crippen LogP contribution is 2.21. The first-order valence-corrected chi connectivity index (χ1v) is 5.99. The van der Waals surface area contributed by atoms with Crippen molar-refractivity contribution >= 4 is 0 Å². The minimum absolute atomic E-state index is 0.0123. The van der Waals surface area contributed by atoms with E-state index in [0.717, 1.165) is 5.56 Å². The molecule has 0 saturated carbocycles. The molecule has 0 fully saturated rings. The van der Waals surface area contributed by atoms with Gasteiger partial charge >= 0.3 is 6.18 Å². The molecule has 0 atom stereocenters. The third-order valence-corrected chi connectivity index (χ3v) is 2.36. The molecule has 0 aliphatic rings. The highest BCUT2D eigenvalue weighted by molar-refractivity contribution is 5.03. The largest absolute Gasteiger partial charge is 0.389 e. The van der Waals surface area contributed by atoms with E-state index in [1.54, 1.807) is 17.1 Å². The van der Waals surface area contributed by atoms with E-state index in [1.165, 1.54) is 0 Å². The summed E-state index contributed by atoms with van der Waals surface area (Å²) in [5.74, 6) is 0. The summed E-state index contributed by atoms with van der Waals surface area (Å²) in [7, 11) is 0. The summed E-state index contributed by atoms with van der Waals surface area (Å²) in [5, 5.41) is 7.34. The maximum atomic E-state index is 12.0. The Morgan fingerprint density at radius 1 is 1.28 bits per heavy atom. The lowest BCUT2D eigenvalue weighted by molar-refractivity contribution is -0.136. The Balaban J connectivity index is 2.35.